The summed E-state index contributed by atoms with van der Waals surface area (Å²) in [5.41, 5.74) is 2.03. The Hall–Kier alpha value is -1.16. The van der Waals surface area contributed by atoms with Crippen LogP contribution >= 0.6 is 0 Å². The van der Waals surface area contributed by atoms with E-state index in [4.69, 9.17) is 0 Å². The van der Waals surface area contributed by atoms with E-state index in [1.54, 1.807) is 0 Å². The Kier molecular flexibility index (Phi) is 5.98. The molecule has 1 spiro atoms. The van der Waals surface area contributed by atoms with Crippen LogP contribution in [0, 0.1) is 11.3 Å². The van der Waals surface area contributed by atoms with Crippen LogP contribution in [-0.4, -0.2) is 28.7 Å². The van der Waals surface area contributed by atoms with Crippen LogP contribution < -0.4 is 5.32 Å². The lowest BCUT2D eigenvalue weighted by Gasteiger charge is -2.53. The Labute approximate surface area is 152 Å². The van der Waals surface area contributed by atoms with Crippen LogP contribution in [0.5, 0.6) is 0 Å². The van der Waals surface area contributed by atoms with Crippen LogP contribution in [0.25, 0.3) is 0 Å². The second-order valence-corrected chi connectivity index (χ2v) is 8.67. The van der Waals surface area contributed by atoms with E-state index in [9.17, 15) is 4.79 Å². The van der Waals surface area contributed by atoms with Crippen molar-refractivity contribution in [2.24, 2.45) is 11.3 Å². The van der Waals surface area contributed by atoms with Gasteiger partial charge in [-0.1, -0.05) is 27.2 Å². The molecule has 3 aliphatic rings. The maximum atomic E-state index is 11.2. The molecule has 1 saturated heterocycles. The first-order chi connectivity index (χ1) is 12.0. The molecule has 0 amide bonds. The molecule has 1 aromatic rings. The van der Waals surface area contributed by atoms with Crippen LogP contribution in [0.3, 0.4) is 0 Å². The molecule has 2 heterocycles. The van der Waals surface area contributed by atoms with Gasteiger partial charge in [-0.15, -0.1) is 0 Å². The second kappa shape index (κ2) is 8.03. The third kappa shape index (κ3) is 4.33. The zero-order valence-electron chi connectivity index (χ0n) is 16.3. The standard InChI is InChI=1S/C11H19N3.C10H16O/c1-9(2)10-7-13-14(8-10)11-3-5-12-6-4-11;1-2-9(11)8-6-10(7-8)4-3-5-10/h7-9,11-12H,3-6H2,1-2H3;8H,2-7H2,1H3. The van der Waals surface area contributed by atoms with Crippen LogP contribution in [0.15, 0.2) is 12.4 Å². The van der Waals surface area contributed by atoms with Crippen molar-refractivity contribution in [1.82, 2.24) is 15.1 Å². The molecule has 140 valence electrons. The number of carbonyl (C=O) groups excluding carboxylic acids is 1. The van der Waals surface area contributed by atoms with E-state index in [-0.39, 0.29) is 0 Å². The summed E-state index contributed by atoms with van der Waals surface area (Å²) in [4.78, 5) is 11.2. The van der Waals surface area contributed by atoms with Crippen molar-refractivity contribution in [3.63, 3.8) is 0 Å². The number of rotatable bonds is 4. The maximum Gasteiger partial charge on any atom is 0.135 e. The van der Waals surface area contributed by atoms with Gasteiger partial charge in [0.1, 0.15) is 5.78 Å². The summed E-state index contributed by atoms with van der Waals surface area (Å²) in [6.07, 6.45) is 14.0. The number of ketones is 1. The lowest BCUT2D eigenvalue weighted by molar-refractivity contribution is -0.134. The fourth-order valence-corrected chi connectivity index (χ4v) is 4.51. The largest absolute Gasteiger partial charge is 0.317 e. The van der Waals surface area contributed by atoms with Gasteiger partial charge >= 0.3 is 0 Å². The van der Waals surface area contributed by atoms with E-state index in [1.807, 2.05) is 13.1 Å². The van der Waals surface area contributed by atoms with Gasteiger partial charge in [-0.25, -0.2) is 0 Å². The molecule has 2 aliphatic carbocycles. The summed E-state index contributed by atoms with van der Waals surface area (Å²) < 4.78 is 2.15. The van der Waals surface area contributed by atoms with Gasteiger partial charge in [-0.3, -0.25) is 9.48 Å². The zero-order chi connectivity index (χ0) is 17.9. The van der Waals surface area contributed by atoms with Crippen molar-refractivity contribution in [3.8, 4) is 0 Å². The van der Waals surface area contributed by atoms with Crippen LogP contribution in [0.1, 0.15) is 89.7 Å². The molecular formula is C21H35N3O. The van der Waals surface area contributed by atoms with Gasteiger partial charge in [0.25, 0.3) is 0 Å². The highest BCUT2D eigenvalue weighted by molar-refractivity contribution is 5.81. The Bertz CT molecular complexity index is 559. The van der Waals surface area contributed by atoms with Gasteiger partial charge in [0.05, 0.1) is 12.2 Å². The first-order valence-corrected chi connectivity index (χ1v) is 10.3. The third-order valence-electron chi connectivity index (χ3n) is 6.55. The molecule has 0 radical (unpaired) electrons. The molecule has 4 rings (SSSR count). The average molecular weight is 346 g/mol. The number of Topliss-reactive ketones (excluding diaryl/α,β-unsaturated/α-hetero) is 1. The molecule has 2 saturated carbocycles. The minimum absolute atomic E-state index is 0.459. The zero-order valence-corrected chi connectivity index (χ0v) is 16.3. The normalized spacial score (nSPS) is 22.9. The molecule has 0 atom stereocenters. The molecule has 0 unspecified atom stereocenters. The quantitative estimate of drug-likeness (QED) is 0.875. The van der Waals surface area contributed by atoms with Gasteiger partial charge in [-0.2, -0.15) is 5.10 Å². The topological polar surface area (TPSA) is 46.9 Å². The highest BCUT2D eigenvalue weighted by Crippen LogP contribution is 2.58. The predicted molar refractivity (Wildman–Crippen MR) is 102 cm³/mol. The molecule has 0 bridgehead atoms. The second-order valence-electron chi connectivity index (χ2n) is 8.67. The van der Waals surface area contributed by atoms with E-state index >= 15 is 0 Å². The van der Waals surface area contributed by atoms with Crippen LogP contribution in [0.2, 0.25) is 0 Å². The Morgan fingerprint density at radius 2 is 2.00 bits per heavy atom. The number of hydrogen-bond acceptors (Lipinski definition) is 3. The number of carbonyl (C=O) groups is 1. The molecule has 25 heavy (non-hydrogen) atoms. The van der Waals surface area contributed by atoms with Crippen molar-refractivity contribution in [2.75, 3.05) is 13.1 Å². The number of aromatic nitrogens is 2. The third-order valence-corrected chi connectivity index (χ3v) is 6.55. The Balaban J connectivity index is 0.000000150. The smallest absolute Gasteiger partial charge is 0.135 e. The van der Waals surface area contributed by atoms with E-state index < -0.39 is 0 Å². The van der Waals surface area contributed by atoms with Gasteiger partial charge < -0.3 is 5.32 Å². The van der Waals surface area contributed by atoms with Crippen LogP contribution in [-0.2, 0) is 4.79 Å². The van der Waals surface area contributed by atoms with Crippen molar-refractivity contribution in [3.05, 3.63) is 18.0 Å². The van der Waals surface area contributed by atoms with Crippen molar-refractivity contribution in [1.29, 1.82) is 0 Å². The predicted octanol–water partition coefficient (Wildman–Crippen LogP) is 4.48. The molecule has 4 heteroatoms. The summed E-state index contributed by atoms with van der Waals surface area (Å²) in [6, 6.07) is 0.615. The molecule has 0 aromatic carbocycles. The molecule has 1 aliphatic heterocycles. The summed E-state index contributed by atoms with van der Waals surface area (Å²) >= 11 is 0. The fraction of sp³-hybridized carbons (Fsp3) is 0.810. The molecule has 1 aromatic heterocycles. The average Bonchev–Trinajstić information content (AvgIpc) is 3.04. The lowest BCUT2D eigenvalue weighted by atomic mass is 9.51. The van der Waals surface area contributed by atoms with Crippen molar-refractivity contribution in [2.45, 2.75) is 84.1 Å². The molecule has 4 nitrogen and oxygen atoms in total. The summed E-state index contributed by atoms with van der Waals surface area (Å²) in [7, 11) is 0. The number of hydrogen-bond donors (Lipinski definition) is 1. The van der Waals surface area contributed by atoms with E-state index in [0.717, 1.165) is 19.5 Å². The van der Waals surface area contributed by atoms with Gasteiger partial charge in [-0.05, 0) is 68.5 Å². The lowest BCUT2D eigenvalue weighted by Crippen LogP contribution is -2.45. The van der Waals surface area contributed by atoms with Gasteiger partial charge in [0.2, 0.25) is 0 Å². The summed E-state index contributed by atoms with van der Waals surface area (Å²) in [5.74, 6) is 1.55. The molecule has 1 N–H and O–H groups in total. The number of nitrogens with zero attached hydrogens (tertiary/aromatic N) is 2. The SMILES string of the molecule is CC(C)c1cnn(C2CCNCC2)c1.CCC(=O)C1CC2(CCC2)C1. The Morgan fingerprint density at radius 3 is 2.48 bits per heavy atom. The van der Waals surface area contributed by atoms with Gasteiger partial charge in [0, 0.05) is 18.5 Å². The highest BCUT2D eigenvalue weighted by atomic mass is 16.1. The van der Waals surface area contributed by atoms with Crippen molar-refractivity contribution >= 4 is 5.78 Å². The number of nitrogens with one attached hydrogen (secondary N) is 1. The van der Waals surface area contributed by atoms with E-state index in [0.29, 0.717) is 29.1 Å². The summed E-state index contributed by atoms with van der Waals surface area (Å²) in [5, 5.41) is 7.82. The molecule has 3 fully saturated rings. The maximum absolute atomic E-state index is 11.2. The minimum Gasteiger partial charge on any atom is -0.317 e. The first kappa shape index (κ1) is 18.6. The highest BCUT2D eigenvalue weighted by Gasteiger charge is 2.49. The van der Waals surface area contributed by atoms with Crippen LogP contribution in [0.4, 0.5) is 0 Å². The first-order valence-electron chi connectivity index (χ1n) is 10.3. The molecular weight excluding hydrogens is 310 g/mol. The Morgan fingerprint density at radius 1 is 1.32 bits per heavy atom. The summed E-state index contributed by atoms with van der Waals surface area (Å²) in [6.45, 7) is 8.66. The minimum atomic E-state index is 0.459. The van der Waals surface area contributed by atoms with Gasteiger partial charge in [0.15, 0.2) is 0 Å². The number of piperidine rings is 1. The van der Waals surface area contributed by atoms with E-state index in [1.165, 1.54) is 50.5 Å². The van der Waals surface area contributed by atoms with Crippen molar-refractivity contribution < 1.29 is 4.79 Å². The monoisotopic (exact) mass is 345 g/mol. The van der Waals surface area contributed by atoms with E-state index in [2.05, 4.69) is 35.1 Å². The fourth-order valence-electron chi connectivity index (χ4n) is 4.51.